The van der Waals surface area contributed by atoms with Crippen molar-refractivity contribution in [3.8, 4) is 0 Å². The van der Waals surface area contributed by atoms with Crippen LogP contribution >= 0.6 is 27.3 Å². The van der Waals surface area contributed by atoms with Crippen molar-refractivity contribution in [3.05, 3.63) is 48.7 Å². The van der Waals surface area contributed by atoms with Crippen LogP contribution in [0.25, 0.3) is 0 Å². The van der Waals surface area contributed by atoms with Crippen molar-refractivity contribution in [1.29, 1.82) is 0 Å². The molecule has 110 valence electrons. The number of carbonyl (C=O) groups excluding carboxylic acids is 1. The lowest BCUT2D eigenvalue weighted by Crippen LogP contribution is -2.23. The molecular formula is C12H11BrN4O3S. The van der Waals surface area contributed by atoms with Crippen molar-refractivity contribution in [3.63, 3.8) is 0 Å². The highest BCUT2D eigenvalue weighted by Gasteiger charge is 2.17. The first-order valence-electron chi connectivity index (χ1n) is 5.86. The highest BCUT2D eigenvalue weighted by Crippen LogP contribution is 2.22. The van der Waals surface area contributed by atoms with Crippen LogP contribution in [0.4, 0.5) is 11.5 Å². The molecule has 0 aliphatic carbocycles. The third-order valence-corrected chi connectivity index (χ3v) is 4.24. The minimum absolute atomic E-state index is 0.141. The summed E-state index contributed by atoms with van der Waals surface area (Å²) in [5, 5.41) is 16.2. The van der Waals surface area contributed by atoms with E-state index in [1.54, 1.807) is 7.05 Å². The number of halogens is 1. The van der Waals surface area contributed by atoms with Gasteiger partial charge in [0.05, 0.1) is 20.8 Å². The fourth-order valence-corrected chi connectivity index (χ4v) is 3.06. The van der Waals surface area contributed by atoms with E-state index in [2.05, 4.69) is 31.5 Å². The molecule has 0 fully saturated rings. The molecule has 0 aromatic carbocycles. The molecule has 2 aromatic heterocycles. The molecule has 0 saturated heterocycles. The molecule has 2 rings (SSSR count). The minimum atomic E-state index is -0.584. The molecule has 0 atom stereocenters. The quantitative estimate of drug-likeness (QED) is 0.622. The lowest BCUT2D eigenvalue weighted by Gasteiger charge is -2.08. The van der Waals surface area contributed by atoms with Crippen LogP contribution in [0.3, 0.4) is 0 Å². The number of pyridine rings is 1. The fraction of sp³-hybridized carbons (Fsp3) is 0.167. The zero-order valence-electron chi connectivity index (χ0n) is 10.9. The summed E-state index contributed by atoms with van der Waals surface area (Å²) < 4.78 is 0.972. The average Bonchev–Trinajstić information content (AvgIpc) is 2.89. The highest BCUT2D eigenvalue weighted by atomic mass is 79.9. The first-order chi connectivity index (χ1) is 10.0. The van der Waals surface area contributed by atoms with Gasteiger partial charge < -0.3 is 10.6 Å². The normalized spacial score (nSPS) is 10.2. The Kier molecular flexibility index (Phi) is 4.86. The summed E-state index contributed by atoms with van der Waals surface area (Å²) in [5.74, 6) is -0.120. The molecule has 1 amide bonds. The van der Waals surface area contributed by atoms with Gasteiger partial charge in [0, 0.05) is 18.0 Å². The summed E-state index contributed by atoms with van der Waals surface area (Å²) in [6.07, 6.45) is 1.11. The van der Waals surface area contributed by atoms with Gasteiger partial charge in [-0.25, -0.2) is 4.98 Å². The van der Waals surface area contributed by atoms with E-state index in [9.17, 15) is 14.9 Å². The van der Waals surface area contributed by atoms with Crippen LogP contribution in [0.1, 0.15) is 15.2 Å². The molecule has 0 unspecified atom stereocenters. The number of rotatable bonds is 5. The van der Waals surface area contributed by atoms with Gasteiger partial charge in [-0.1, -0.05) is 0 Å². The summed E-state index contributed by atoms with van der Waals surface area (Å²) in [6, 6.07) is 4.98. The molecule has 21 heavy (non-hydrogen) atoms. The Labute approximate surface area is 132 Å². The van der Waals surface area contributed by atoms with Gasteiger partial charge in [-0.2, -0.15) is 0 Å². The third kappa shape index (κ3) is 3.76. The largest absolute Gasteiger partial charge is 0.372 e. The fourth-order valence-electron chi connectivity index (χ4n) is 1.64. The van der Waals surface area contributed by atoms with Gasteiger partial charge in [0.1, 0.15) is 12.0 Å². The van der Waals surface area contributed by atoms with Gasteiger partial charge in [0.15, 0.2) is 0 Å². The summed E-state index contributed by atoms with van der Waals surface area (Å²) in [5.41, 5.74) is -0.0830. The molecule has 2 heterocycles. The van der Waals surface area contributed by atoms with Crippen molar-refractivity contribution in [1.82, 2.24) is 10.3 Å². The number of hydrogen-bond acceptors (Lipinski definition) is 6. The van der Waals surface area contributed by atoms with Crippen LogP contribution in [0, 0.1) is 10.1 Å². The second-order valence-electron chi connectivity index (χ2n) is 3.99. The summed E-state index contributed by atoms with van der Waals surface area (Å²) >= 11 is 4.85. The number of thiophene rings is 1. The second kappa shape index (κ2) is 6.64. The van der Waals surface area contributed by atoms with E-state index in [0.29, 0.717) is 12.4 Å². The van der Waals surface area contributed by atoms with E-state index in [-0.39, 0.29) is 11.3 Å². The van der Waals surface area contributed by atoms with E-state index >= 15 is 0 Å². The molecule has 0 bridgehead atoms. The minimum Gasteiger partial charge on any atom is -0.372 e. The summed E-state index contributed by atoms with van der Waals surface area (Å²) in [7, 11) is 1.60. The van der Waals surface area contributed by atoms with Crippen molar-refractivity contribution >= 4 is 44.7 Å². The van der Waals surface area contributed by atoms with Crippen LogP contribution in [-0.4, -0.2) is 22.9 Å². The van der Waals surface area contributed by atoms with Crippen LogP contribution in [-0.2, 0) is 6.54 Å². The number of amides is 1. The van der Waals surface area contributed by atoms with Gasteiger partial charge in [0.2, 0.25) is 0 Å². The maximum Gasteiger partial charge on any atom is 0.288 e. The van der Waals surface area contributed by atoms with Crippen molar-refractivity contribution in [2.75, 3.05) is 12.4 Å². The van der Waals surface area contributed by atoms with Crippen LogP contribution in [0.2, 0.25) is 0 Å². The molecule has 7 nitrogen and oxygen atoms in total. The van der Waals surface area contributed by atoms with Gasteiger partial charge in [-0.3, -0.25) is 14.9 Å². The van der Waals surface area contributed by atoms with E-state index in [0.717, 1.165) is 14.9 Å². The molecule has 0 aliphatic heterocycles. The second-order valence-corrected chi connectivity index (χ2v) is 6.53. The van der Waals surface area contributed by atoms with Gasteiger partial charge >= 0.3 is 0 Å². The molecule has 0 spiro atoms. The average molecular weight is 371 g/mol. The number of nitrogens with one attached hydrogen (secondary N) is 2. The standard InChI is InChI=1S/C12H11BrN4O3S/c1-14-11-9(4-7(5-15-11)17(19)20)12(18)16-6-8-2-3-10(13)21-8/h2-5H,6H2,1H3,(H,14,15)(H,16,18). The number of carbonyl (C=O) groups is 1. The Morgan fingerprint density at radius 1 is 1.52 bits per heavy atom. The summed E-state index contributed by atoms with van der Waals surface area (Å²) in [4.78, 5) is 27.2. The van der Waals surface area contributed by atoms with E-state index in [1.807, 2.05) is 12.1 Å². The molecule has 2 N–H and O–H groups in total. The number of aromatic nitrogens is 1. The monoisotopic (exact) mass is 370 g/mol. The predicted octanol–water partition coefficient (Wildman–Crippen LogP) is 2.79. The third-order valence-electron chi connectivity index (χ3n) is 2.62. The topological polar surface area (TPSA) is 97.2 Å². The molecule has 2 aromatic rings. The first kappa shape index (κ1) is 15.4. The number of hydrogen-bond donors (Lipinski definition) is 2. The van der Waals surface area contributed by atoms with Gasteiger partial charge in [0.25, 0.3) is 11.6 Å². The zero-order valence-corrected chi connectivity index (χ0v) is 13.3. The van der Waals surface area contributed by atoms with Crippen molar-refractivity contribution < 1.29 is 9.72 Å². The van der Waals surface area contributed by atoms with E-state index < -0.39 is 10.8 Å². The molecule has 0 aliphatic rings. The van der Waals surface area contributed by atoms with Gasteiger partial charge in [-0.05, 0) is 28.1 Å². The summed E-state index contributed by atoms with van der Waals surface area (Å²) in [6.45, 7) is 0.348. The Hall–Kier alpha value is -2.00. The van der Waals surface area contributed by atoms with Crippen molar-refractivity contribution in [2.24, 2.45) is 0 Å². The molecule has 0 saturated carbocycles. The van der Waals surface area contributed by atoms with Crippen molar-refractivity contribution in [2.45, 2.75) is 6.54 Å². The number of nitro groups is 1. The number of nitrogens with zero attached hydrogens (tertiary/aromatic N) is 2. The van der Waals surface area contributed by atoms with E-state index in [4.69, 9.17) is 0 Å². The molecule has 9 heteroatoms. The highest BCUT2D eigenvalue weighted by molar-refractivity contribution is 9.11. The van der Waals surface area contributed by atoms with Crippen LogP contribution in [0.15, 0.2) is 28.2 Å². The lowest BCUT2D eigenvalue weighted by molar-refractivity contribution is -0.385. The van der Waals surface area contributed by atoms with Crippen LogP contribution in [0.5, 0.6) is 0 Å². The smallest absolute Gasteiger partial charge is 0.288 e. The van der Waals surface area contributed by atoms with Crippen LogP contribution < -0.4 is 10.6 Å². The predicted molar refractivity (Wildman–Crippen MR) is 83.6 cm³/mol. The first-order valence-corrected chi connectivity index (χ1v) is 7.47. The number of anilines is 1. The molecular weight excluding hydrogens is 360 g/mol. The zero-order chi connectivity index (χ0) is 15.4. The molecule has 0 radical (unpaired) electrons. The Bertz CT molecular complexity index is 689. The maximum absolute atomic E-state index is 12.2. The Morgan fingerprint density at radius 2 is 2.29 bits per heavy atom. The van der Waals surface area contributed by atoms with E-state index in [1.165, 1.54) is 17.4 Å². The van der Waals surface area contributed by atoms with Gasteiger partial charge in [-0.15, -0.1) is 11.3 Å². The Morgan fingerprint density at radius 3 is 2.86 bits per heavy atom. The maximum atomic E-state index is 12.2. The SMILES string of the molecule is CNc1ncc([N+](=O)[O-])cc1C(=O)NCc1ccc(Br)s1. The lowest BCUT2D eigenvalue weighted by atomic mass is 10.2. The Balaban J connectivity index is 2.17.